The first-order valence-corrected chi connectivity index (χ1v) is 12.1. The molecule has 0 atom stereocenters. The lowest BCUT2D eigenvalue weighted by molar-refractivity contribution is -0.123. The average molecular weight is 417 g/mol. The van der Waals surface area contributed by atoms with Gasteiger partial charge in [-0.2, -0.15) is 4.31 Å². The third-order valence-corrected chi connectivity index (χ3v) is 8.45. The number of sulfonamides is 1. The predicted molar refractivity (Wildman–Crippen MR) is 112 cm³/mol. The Kier molecular flexibility index (Phi) is 5.75. The zero-order chi connectivity index (χ0) is 19.6. The maximum Gasteiger partial charge on any atom is 0.243 e. The molecule has 0 unspecified atom stereocenters. The average Bonchev–Trinajstić information content (AvgIpc) is 2.96. The van der Waals surface area contributed by atoms with Crippen molar-refractivity contribution in [3.05, 3.63) is 54.6 Å². The van der Waals surface area contributed by atoms with Gasteiger partial charge in [0.05, 0.1) is 10.6 Å². The van der Waals surface area contributed by atoms with Crippen LogP contribution in [0.1, 0.15) is 19.3 Å². The van der Waals surface area contributed by atoms with Gasteiger partial charge in [-0.1, -0.05) is 30.3 Å². The number of hydrogen-bond donors (Lipinski definition) is 0. The molecule has 2 heterocycles. The lowest BCUT2D eigenvalue weighted by Gasteiger charge is -2.33. The van der Waals surface area contributed by atoms with Crippen molar-refractivity contribution in [3.63, 3.8) is 0 Å². The Labute approximate surface area is 170 Å². The third-order valence-electron chi connectivity index (χ3n) is 5.39. The summed E-state index contributed by atoms with van der Waals surface area (Å²) in [5.41, 5.74) is 0.995. The summed E-state index contributed by atoms with van der Waals surface area (Å²) < 4.78 is 27.1. The quantitative estimate of drug-likeness (QED) is 0.767. The smallest absolute Gasteiger partial charge is 0.243 e. The molecule has 148 valence electrons. The number of fused-ring (bicyclic) bond motifs is 1. The van der Waals surface area contributed by atoms with E-state index in [0.717, 1.165) is 29.3 Å². The molecule has 2 aliphatic rings. The van der Waals surface area contributed by atoms with Gasteiger partial charge in [0.1, 0.15) is 0 Å². The number of benzene rings is 2. The Morgan fingerprint density at radius 1 is 0.929 bits per heavy atom. The zero-order valence-electron chi connectivity index (χ0n) is 15.7. The standard InChI is InChI=1S/C21H24N2O3S2/c24-21(23-13-6-16-27-20-10-5-4-9-19(20)23)17-11-14-22(15-12-17)28(25,26)18-7-2-1-3-8-18/h1-5,7-10,17H,6,11-16H2. The van der Waals surface area contributed by atoms with Crippen molar-refractivity contribution < 1.29 is 13.2 Å². The first kappa shape index (κ1) is 19.5. The van der Waals surface area contributed by atoms with Crippen molar-refractivity contribution in [1.82, 2.24) is 4.31 Å². The van der Waals surface area contributed by atoms with Crippen LogP contribution in [0, 0.1) is 5.92 Å². The molecule has 0 radical (unpaired) electrons. The molecule has 2 aromatic rings. The van der Waals surface area contributed by atoms with E-state index in [-0.39, 0.29) is 11.8 Å². The summed E-state index contributed by atoms with van der Waals surface area (Å²) in [4.78, 5) is 16.6. The van der Waals surface area contributed by atoms with Crippen LogP contribution in [0.2, 0.25) is 0 Å². The first-order valence-electron chi connectivity index (χ1n) is 9.66. The maximum absolute atomic E-state index is 13.2. The van der Waals surface area contributed by atoms with Gasteiger partial charge in [0.2, 0.25) is 15.9 Å². The number of thioether (sulfide) groups is 1. The van der Waals surface area contributed by atoms with E-state index in [9.17, 15) is 13.2 Å². The van der Waals surface area contributed by atoms with Gasteiger partial charge in [0.25, 0.3) is 0 Å². The molecule has 7 heteroatoms. The van der Waals surface area contributed by atoms with E-state index < -0.39 is 10.0 Å². The predicted octanol–water partition coefficient (Wildman–Crippen LogP) is 3.62. The Morgan fingerprint density at radius 2 is 1.61 bits per heavy atom. The highest BCUT2D eigenvalue weighted by molar-refractivity contribution is 7.99. The van der Waals surface area contributed by atoms with Crippen LogP contribution in [0.25, 0.3) is 0 Å². The highest BCUT2D eigenvalue weighted by Crippen LogP contribution is 2.35. The van der Waals surface area contributed by atoms with E-state index in [1.54, 1.807) is 42.1 Å². The largest absolute Gasteiger partial charge is 0.311 e. The number of anilines is 1. The van der Waals surface area contributed by atoms with Crippen LogP contribution in [0.3, 0.4) is 0 Å². The number of carbonyl (C=O) groups is 1. The molecule has 0 aromatic heterocycles. The molecule has 2 aliphatic heterocycles. The van der Waals surface area contributed by atoms with E-state index in [1.807, 2.05) is 23.1 Å². The van der Waals surface area contributed by atoms with E-state index in [2.05, 4.69) is 6.07 Å². The summed E-state index contributed by atoms with van der Waals surface area (Å²) in [5.74, 6) is 1.01. The second kappa shape index (κ2) is 8.27. The summed E-state index contributed by atoms with van der Waals surface area (Å²) in [7, 11) is -3.49. The van der Waals surface area contributed by atoms with Gasteiger partial charge in [0.15, 0.2) is 0 Å². The lowest BCUT2D eigenvalue weighted by atomic mass is 9.96. The van der Waals surface area contributed by atoms with Gasteiger partial charge in [0, 0.05) is 30.4 Å². The van der Waals surface area contributed by atoms with Crippen LogP contribution >= 0.6 is 11.8 Å². The molecule has 28 heavy (non-hydrogen) atoms. The number of nitrogens with zero attached hydrogens (tertiary/aromatic N) is 2. The van der Waals surface area contributed by atoms with Crippen LogP contribution in [0.5, 0.6) is 0 Å². The van der Waals surface area contributed by atoms with E-state index in [4.69, 9.17) is 0 Å². The Bertz CT molecular complexity index is 939. The van der Waals surface area contributed by atoms with Gasteiger partial charge < -0.3 is 4.90 Å². The van der Waals surface area contributed by atoms with E-state index >= 15 is 0 Å². The molecule has 2 aromatic carbocycles. The number of carbonyl (C=O) groups excluding carboxylic acids is 1. The molecule has 0 aliphatic carbocycles. The Hall–Kier alpha value is -1.83. The fourth-order valence-electron chi connectivity index (χ4n) is 3.86. The molecule has 0 spiro atoms. The number of piperidine rings is 1. The number of hydrogen-bond acceptors (Lipinski definition) is 4. The van der Waals surface area contributed by atoms with Crippen molar-refractivity contribution in [1.29, 1.82) is 0 Å². The molecule has 1 saturated heterocycles. The molecule has 0 bridgehead atoms. The van der Waals surface area contributed by atoms with Crippen molar-refractivity contribution in [2.45, 2.75) is 29.1 Å². The maximum atomic E-state index is 13.2. The fourth-order valence-corrected chi connectivity index (χ4v) is 6.35. The third kappa shape index (κ3) is 3.83. The minimum atomic E-state index is -3.49. The van der Waals surface area contributed by atoms with E-state index in [0.29, 0.717) is 30.8 Å². The SMILES string of the molecule is O=C(C1CCN(S(=O)(=O)c2ccccc2)CC1)N1CCCSc2ccccc21. The van der Waals surface area contributed by atoms with Crippen LogP contribution in [-0.2, 0) is 14.8 Å². The minimum absolute atomic E-state index is 0.127. The lowest BCUT2D eigenvalue weighted by Crippen LogP contribution is -2.44. The minimum Gasteiger partial charge on any atom is -0.311 e. The summed E-state index contributed by atoms with van der Waals surface area (Å²) in [6, 6.07) is 16.6. The van der Waals surface area contributed by atoms with Crippen LogP contribution in [-0.4, -0.2) is 44.0 Å². The zero-order valence-corrected chi connectivity index (χ0v) is 17.3. The molecule has 0 saturated carbocycles. The normalized spacial score (nSPS) is 19.1. The number of amides is 1. The van der Waals surface area contributed by atoms with Crippen molar-refractivity contribution >= 4 is 33.4 Å². The Morgan fingerprint density at radius 3 is 2.36 bits per heavy atom. The van der Waals surface area contributed by atoms with Gasteiger partial charge in [-0.25, -0.2) is 8.42 Å². The van der Waals surface area contributed by atoms with Crippen molar-refractivity contribution in [3.8, 4) is 0 Å². The van der Waals surface area contributed by atoms with Gasteiger partial charge >= 0.3 is 0 Å². The Balaban J connectivity index is 1.46. The highest BCUT2D eigenvalue weighted by atomic mass is 32.2. The molecule has 1 fully saturated rings. The second-order valence-electron chi connectivity index (χ2n) is 7.15. The van der Waals surface area contributed by atoms with E-state index in [1.165, 1.54) is 4.31 Å². The monoisotopic (exact) mass is 416 g/mol. The fraction of sp³-hybridized carbons (Fsp3) is 0.381. The van der Waals surface area contributed by atoms with Crippen LogP contribution in [0.4, 0.5) is 5.69 Å². The molecule has 4 rings (SSSR count). The molecular formula is C21H24N2O3S2. The highest BCUT2D eigenvalue weighted by Gasteiger charge is 2.34. The van der Waals surface area contributed by atoms with Gasteiger partial charge in [-0.15, -0.1) is 11.8 Å². The summed E-state index contributed by atoms with van der Waals surface area (Å²) in [5, 5.41) is 0. The summed E-state index contributed by atoms with van der Waals surface area (Å²) >= 11 is 1.80. The first-order chi connectivity index (χ1) is 13.6. The number of para-hydroxylation sites is 1. The summed E-state index contributed by atoms with van der Waals surface area (Å²) in [6.07, 6.45) is 2.10. The molecular weight excluding hydrogens is 392 g/mol. The van der Waals surface area contributed by atoms with Crippen molar-refractivity contribution in [2.24, 2.45) is 5.92 Å². The molecule has 5 nitrogen and oxygen atoms in total. The van der Waals surface area contributed by atoms with Gasteiger partial charge in [-0.3, -0.25) is 4.79 Å². The van der Waals surface area contributed by atoms with Gasteiger partial charge in [-0.05, 0) is 49.3 Å². The van der Waals surface area contributed by atoms with Crippen LogP contribution < -0.4 is 4.90 Å². The molecule has 0 N–H and O–H groups in total. The number of rotatable bonds is 3. The molecule has 1 amide bonds. The van der Waals surface area contributed by atoms with Crippen LogP contribution in [0.15, 0.2) is 64.4 Å². The summed E-state index contributed by atoms with van der Waals surface area (Å²) in [6.45, 7) is 1.50. The van der Waals surface area contributed by atoms with Crippen molar-refractivity contribution in [2.75, 3.05) is 30.3 Å². The topological polar surface area (TPSA) is 57.7 Å². The second-order valence-corrected chi connectivity index (χ2v) is 10.2.